The minimum atomic E-state index is -1.71. The van der Waals surface area contributed by atoms with E-state index in [0.29, 0.717) is 12.1 Å². The van der Waals surface area contributed by atoms with Gasteiger partial charge < -0.3 is 54.1 Å². The number of carboxylic acids is 1. The number of nitrogens with zero attached hydrogens (tertiary/aromatic N) is 2. The number of aromatic amines is 1. The zero-order valence-corrected chi connectivity index (χ0v) is 20.2. The molecule has 17 heteroatoms. The van der Waals surface area contributed by atoms with Crippen molar-refractivity contribution >= 4 is 35.6 Å². The number of aromatic nitrogens is 2. The third-order valence-corrected chi connectivity index (χ3v) is 5.00. The fourth-order valence-electron chi connectivity index (χ4n) is 3.08. The lowest BCUT2D eigenvalue weighted by Crippen LogP contribution is -2.59. The maximum atomic E-state index is 13.1. The van der Waals surface area contributed by atoms with Crippen molar-refractivity contribution in [1.82, 2.24) is 25.9 Å². The first-order valence-electron chi connectivity index (χ1n) is 11.2. The summed E-state index contributed by atoms with van der Waals surface area (Å²) in [6.07, 6.45) is 1.10. The monoisotopic (exact) mass is 526 g/mol. The van der Waals surface area contributed by atoms with E-state index in [1.165, 1.54) is 12.5 Å². The van der Waals surface area contributed by atoms with Gasteiger partial charge in [0.05, 0.1) is 24.9 Å². The van der Waals surface area contributed by atoms with Crippen LogP contribution in [0, 0.1) is 0 Å². The number of guanidine groups is 1. The van der Waals surface area contributed by atoms with Gasteiger partial charge in [-0.2, -0.15) is 0 Å². The molecule has 0 bridgehead atoms. The Balaban J connectivity index is 3.00. The summed E-state index contributed by atoms with van der Waals surface area (Å²) in [4.78, 5) is 71.6. The highest BCUT2D eigenvalue weighted by Crippen LogP contribution is 2.04. The summed E-state index contributed by atoms with van der Waals surface area (Å²) in [6, 6.07) is -5.59. The van der Waals surface area contributed by atoms with E-state index in [-0.39, 0.29) is 25.3 Å². The Morgan fingerprint density at radius 2 is 1.68 bits per heavy atom. The number of carboxylic acid groups (broad SMARTS) is 1. The molecule has 1 aromatic heterocycles. The van der Waals surface area contributed by atoms with Crippen LogP contribution in [0.3, 0.4) is 0 Å². The first-order valence-corrected chi connectivity index (χ1v) is 11.2. The van der Waals surface area contributed by atoms with E-state index < -0.39 is 66.3 Å². The molecule has 0 aliphatic carbocycles. The summed E-state index contributed by atoms with van der Waals surface area (Å²) in [5.74, 6) is -5.26. The van der Waals surface area contributed by atoms with Gasteiger partial charge in [0.25, 0.3) is 0 Å². The Morgan fingerprint density at radius 1 is 1.05 bits per heavy atom. The van der Waals surface area contributed by atoms with E-state index in [0.717, 1.165) is 6.92 Å². The topological polar surface area (TPSA) is 307 Å². The molecule has 17 nitrogen and oxygen atoms in total. The molecule has 5 atom stereocenters. The maximum Gasteiger partial charge on any atom is 0.328 e. The largest absolute Gasteiger partial charge is 0.480 e. The number of H-pyrrole nitrogens is 1. The third-order valence-electron chi connectivity index (χ3n) is 5.00. The van der Waals surface area contributed by atoms with Gasteiger partial charge in [0.1, 0.15) is 12.1 Å². The van der Waals surface area contributed by atoms with Crippen LogP contribution in [0.25, 0.3) is 0 Å². The number of primary amides is 1. The number of nitrogens with two attached hydrogens (primary N) is 4. The minimum absolute atomic E-state index is 0.0887. The highest BCUT2D eigenvalue weighted by Gasteiger charge is 2.32. The Labute approximate surface area is 211 Å². The van der Waals surface area contributed by atoms with E-state index in [2.05, 4.69) is 25.6 Å². The lowest BCUT2D eigenvalue weighted by atomic mass is 10.1. The van der Waals surface area contributed by atoms with Gasteiger partial charge in [-0.1, -0.05) is 0 Å². The zero-order valence-electron chi connectivity index (χ0n) is 20.2. The van der Waals surface area contributed by atoms with Crippen LogP contribution in [-0.2, 0) is 30.4 Å². The summed E-state index contributed by atoms with van der Waals surface area (Å²) >= 11 is 0. The number of aliphatic carboxylic acids is 1. The summed E-state index contributed by atoms with van der Waals surface area (Å²) in [5, 5.41) is 25.6. The van der Waals surface area contributed by atoms with Gasteiger partial charge in [0.2, 0.25) is 23.6 Å². The van der Waals surface area contributed by atoms with Crippen molar-refractivity contribution in [2.75, 3.05) is 6.54 Å². The molecule has 0 spiro atoms. The number of carbonyl (C=O) groups excluding carboxylic acids is 4. The van der Waals surface area contributed by atoms with E-state index >= 15 is 0 Å². The second-order valence-corrected chi connectivity index (χ2v) is 8.19. The molecule has 4 amide bonds. The average Bonchev–Trinajstić information content (AvgIpc) is 3.31. The highest BCUT2D eigenvalue weighted by molar-refractivity contribution is 5.96. The van der Waals surface area contributed by atoms with Crippen molar-refractivity contribution in [3.05, 3.63) is 18.2 Å². The Hall–Kier alpha value is -4.25. The predicted molar refractivity (Wildman–Crippen MR) is 129 cm³/mol. The molecule has 5 unspecified atom stereocenters. The van der Waals surface area contributed by atoms with Gasteiger partial charge in [-0.15, -0.1) is 0 Å². The Morgan fingerprint density at radius 3 is 2.19 bits per heavy atom. The number of aliphatic hydroxyl groups is 1. The number of carbonyl (C=O) groups is 5. The van der Waals surface area contributed by atoms with Crippen LogP contribution in [-0.4, -0.2) is 92.6 Å². The van der Waals surface area contributed by atoms with Gasteiger partial charge in [-0.3, -0.25) is 24.2 Å². The van der Waals surface area contributed by atoms with Crippen molar-refractivity contribution in [3.8, 4) is 0 Å². The van der Waals surface area contributed by atoms with Crippen LogP contribution in [0.1, 0.15) is 31.9 Å². The molecule has 0 aromatic carbocycles. The fourth-order valence-corrected chi connectivity index (χ4v) is 3.08. The van der Waals surface area contributed by atoms with Crippen LogP contribution >= 0.6 is 0 Å². The van der Waals surface area contributed by atoms with Gasteiger partial charge in [-0.05, 0) is 19.8 Å². The van der Waals surface area contributed by atoms with E-state index in [9.17, 15) is 34.2 Å². The number of hydrogen-bond acceptors (Lipinski definition) is 9. The zero-order chi connectivity index (χ0) is 28.1. The first-order chi connectivity index (χ1) is 17.3. The Kier molecular flexibility index (Phi) is 12.5. The molecule has 0 radical (unpaired) electrons. The minimum Gasteiger partial charge on any atom is -0.480 e. The number of nitrogens with one attached hydrogen (secondary N) is 4. The third kappa shape index (κ3) is 11.4. The second-order valence-electron chi connectivity index (χ2n) is 8.19. The maximum absolute atomic E-state index is 13.1. The van der Waals surface area contributed by atoms with Crippen molar-refractivity contribution in [1.29, 1.82) is 0 Å². The number of aliphatic imine (C=N–C) groups is 1. The first kappa shape index (κ1) is 30.8. The molecule has 0 saturated carbocycles. The number of aliphatic hydroxyl groups excluding tert-OH is 1. The SMILES string of the molecule is CC(O)C(NC(=O)C(CC(N)=O)NC(=O)C(Cc1cnc[nH]1)NC(=O)C(N)CCCN=C(N)N)C(=O)O. The van der Waals surface area contributed by atoms with E-state index in [1.54, 1.807) is 0 Å². The summed E-state index contributed by atoms with van der Waals surface area (Å²) in [5.41, 5.74) is 22.0. The molecular weight excluding hydrogens is 492 g/mol. The van der Waals surface area contributed by atoms with E-state index in [4.69, 9.17) is 22.9 Å². The van der Waals surface area contributed by atoms with Crippen LogP contribution < -0.4 is 38.9 Å². The average molecular weight is 527 g/mol. The van der Waals surface area contributed by atoms with Crippen molar-refractivity contribution in [3.63, 3.8) is 0 Å². The smallest absolute Gasteiger partial charge is 0.328 e. The molecule has 1 heterocycles. The molecular formula is C20H34N10O7. The fraction of sp³-hybridized carbons (Fsp3) is 0.550. The molecule has 37 heavy (non-hydrogen) atoms. The molecule has 0 saturated heterocycles. The Bertz CT molecular complexity index is 963. The molecule has 0 fully saturated rings. The molecule has 206 valence electrons. The lowest BCUT2D eigenvalue weighted by Gasteiger charge is -2.25. The standard InChI is InChI=1S/C20H34N10O7/c1-9(31)15(19(36)37)30-18(35)13(6-14(22)32)29-17(34)12(5-10-7-25-8-27-10)28-16(33)11(21)3-2-4-26-20(23)24/h7-9,11-13,15,31H,2-6,21H2,1H3,(H2,22,32)(H,25,27)(H,28,33)(H,29,34)(H,30,35)(H,36,37)(H4,23,24,26). The van der Waals surface area contributed by atoms with Crippen LogP contribution in [0.4, 0.5) is 0 Å². The van der Waals surface area contributed by atoms with Crippen LogP contribution in [0.15, 0.2) is 17.5 Å². The van der Waals surface area contributed by atoms with Gasteiger partial charge in [0, 0.05) is 24.9 Å². The summed E-state index contributed by atoms with van der Waals surface area (Å²) in [7, 11) is 0. The number of amides is 4. The quantitative estimate of drug-likeness (QED) is 0.0553. The van der Waals surface area contributed by atoms with Crippen LogP contribution in [0.2, 0.25) is 0 Å². The van der Waals surface area contributed by atoms with Gasteiger partial charge in [0.15, 0.2) is 12.0 Å². The highest BCUT2D eigenvalue weighted by atomic mass is 16.4. The summed E-state index contributed by atoms with van der Waals surface area (Å²) < 4.78 is 0. The van der Waals surface area contributed by atoms with Crippen molar-refractivity contribution < 1.29 is 34.2 Å². The number of hydrogen-bond donors (Lipinski definition) is 10. The molecule has 0 aliphatic rings. The van der Waals surface area contributed by atoms with Crippen LogP contribution in [0.5, 0.6) is 0 Å². The normalized spacial score (nSPS) is 14.8. The molecule has 14 N–H and O–H groups in total. The lowest BCUT2D eigenvalue weighted by molar-refractivity contribution is -0.145. The van der Waals surface area contributed by atoms with Crippen molar-refractivity contribution in [2.45, 2.75) is 62.9 Å². The van der Waals surface area contributed by atoms with Gasteiger partial charge >= 0.3 is 5.97 Å². The number of rotatable bonds is 16. The summed E-state index contributed by atoms with van der Waals surface area (Å²) in [6.45, 7) is 1.38. The van der Waals surface area contributed by atoms with Crippen molar-refractivity contribution in [2.24, 2.45) is 27.9 Å². The molecule has 0 aliphatic heterocycles. The van der Waals surface area contributed by atoms with Gasteiger partial charge in [-0.25, -0.2) is 9.78 Å². The number of imidazole rings is 1. The molecule has 1 rings (SSSR count). The molecule has 1 aromatic rings. The predicted octanol–water partition coefficient (Wildman–Crippen LogP) is -4.87. The second kappa shape index (κ2) is 15.0. The van der Waals surface area contributed by atoms with E-state index in [1.807, 2.05) is 5.32 Å².